The van der Waals surface area contributed by atoms with Crippen LogP contribution in [0.5, 0.6) is 0 Å². The Morgan fingerprint density at radius 1 is 1.23 bits per heavy atom. The molecule has 1 aromatic heterocycles. The van der Waals surface area contributed by atoms with Crippen LogP contribution >= 0.6 is 0 Å². The predicted molar refractivity (Wildman–Crippen MR) is 110 cm³/mol. The first-order valence-corrected chi connectivity index (χ1v) is 9.83. The van der Waals surface area contributed by atoms with Crippen LogP contribution in [-0.4, -0.2) is 39.4 Å². The van der Waals surface area contributed by atoms with Crippen molar-refractivity contribution in [2.75, 3.05) is 11.9 Å². The van der Waals surface area contributed by atoms with E-state index < -0.39 is 29.0 Å². The number of hydrogen-bond acceptors (Lipinski definition) is 4. The van der Waals surface area contributed by atoms with E-state index >= 15 is 0 Å². The average molecular weight is 415 g/mol. The van der Waals surface area contributed by atoms with Crippen molar-refractivity contribution < 1.29 is 23.9 Å². The molecule has 0 atom stereocenters. The van der Waals surface area contributed by atoms with Crippen LogP contribution in [0.15, 0.2) is 18.2 Å². The van der Waals surface area contributed by atoms with Crippen LogP contribution in [0.25, 0.3) is 0 Å². The molecule has 30 heavy (non-hydrogen) atoms. The predicted octanol–water partition coefficient (Wildman–Crippen LogP) is 2.51. The van der Waals surface area contributed by atoms with Gasteiger partial charge in [0, 0.05) is 17.9 Å². The van der Waals surface area contributed by atoms with Gasteiger partial charge in [-0.1, -0.05) is 6.07 Å². The molecule has 2 amide bonds. The van der Waals surface area contributed by atoms with Gasteiger partial charge in [0.1, 0.15) is 11.5 Å². The summed E-state index contributed by atoms with van der Waals surface area (Å²) in [5, 5.41) is 14.6. The zero-order valence-electron chi connectivity index (χ0n) is 17.6. The lowest BCUT2D eigenvalue weighted by Gasteiger charge is -2.22. The van der Waals surface area contributed by atoms with Gasteiger partial charge in [-0.25, -0.2) is 4.39 Å². The molecule has 0 spiro atoms. The molecule has 160 valence electrons. The SMILES string of the molecule is Cc1ccc(NC(=O)c2c(C)c(C(=O)C(=O)NC(C)(C)CO)c3n2CCC3)cc1F. The number of halogens is 1. The third kappa shape index (κ3) is 4.00. The van der Waals surface area contributed by atoms with Gasteiger partial charge in [-0.05, 0) is 63.8 Å². The lowest BCUT2D eigenvalue weighted by Crippen LogP contribution is -2.49. The van der Waals surface area contributed by atoms with Crippen LogP contribution in [0.4, 0.5) is 10.1 Å². The first-order valence-electron chi connectivity index (χ1n) is 9.83. The van der Waals surface area contributed by atoms with Gasteiger partial charge in [0.05, 0.1) is 17.7 Å². The molecule has 0 radical (unpaired) electrons. The second kappa shape index (κ2) is 8.02. The Bertz CT molecular complexity index is 1040. The van der Waals surface area contributed by atoms with E-state index in [0.29, 0.717) is 41.2 Å². The summed E-state index contributed by atoms with van der Waals surface area (Å²) in [4.78, 5) is 38.4. The largest absolute Gasteiger partial charge is 0.394 e. The number of aryl methyl sites for hydroxylation is 1. The molecule has 0 saturated heterocycles. The second-order valence-electron chi connectivity index (χ2n) is 8.29. The van der Waals surface area contributed by atoms with Crippen LogP contribution < -0.4 is 10.6 Å². The van der Waals surface area contributed by atoms with Crippen LogP contribution in [0.3, 0.4) is 0 Å². The number of fused-ring (bicyclic) bond motifs is 1. The maximum absolute atomic E-state index is 13.8. The minimum absolute atomic E-state index is 0.221. The number of hydrogen-bond donors (Lipinski definition) is 3. The number of carbonyl (C=O) groups is 3. The van der Waals surface area contributed by atoms with E-state index in [2.05, 4.69) is 10.6 Å². The van der Waals surface area contributed by atoms with E-state index in [9.17, 15) is 23.9 Å². The molecule has 1 aliphatic heterocycles. The summed E-state index contributed by atoms with van der Waals surface area (Å²) in [6.45, 7) is 6.71. The number of aliphatic hydroxyl groups excluding tert-OH is 1. The van der Waals surface area contributed by atoms with Crippen molar-refractivity contribution in [3.05, 3.63) is 52.1 Å². The molecule has 7 nitrogen and oxygen atoms in total. The Hall–Kier alpha value is -3.00. The maximum atomic E-state index is 13.8. The molecule has 1 aromatic carbocycles. The van der Waals surface area contributed by atoms with E-state index in [-0.39, 0.29) is 12.2 Å². The fraction of sp³-hybridized carbons (Fsp3) is 0.409. The first-order chi connectivity index (χ1) is 14.1. The fourth-order valence-electron chi connectivity index (χ4n) is 3.69. The molecule has 3 rings (SSSR count). The lowest BCUT2D eigenvalue weighted by atomic mass is 10.0. The van der Waals surface area contributed by atoms with Crippen molar-refractivity contribution >= 4 is 23.3 Å². The molecule has 0 fully saturated rings. The first kappa shape index (κ1) is 21.7. The molecule has 0 aliphatic carbocycles. The number of nitrogens with one attached hydrogen (secondary N) is 2. The van der Waals surface area contributed by atoms with Crippen molar-refractivity contribution in [1.29, 1.82) is 0 Å². The highest BCUT2D eigenvalue weighted by Crippen LogP contribution is 2.30. The van der Waals surface area contributed by atoms with Gasteiger partial charge in [0.15, 0.2) is 0 Å². The van der Waals surface area contributed by atoms with Crippen molar-refractivity contribution in [1.82, 2.24) is 9.88 Å². The Morgan fingerprint density at radius 2 is 1.93 bits per heavy atom. The lowest BCUT2D eigenvalue weighted by molar-refractivity contribution is -0.119. The van der Waals surface area contributed by atoms with Crippen molar-refractivity contribution in [3.63, 3.8) is 0 Å². The Balaban J connectivity index is 1.94. The highest BCUT2D eigenvalue weighted by molar-refractivity contribution is 6.43. The molecule has 0 bridgehead atoms. The van der Waals surface area contributed by atoms with Gasteiger partial charge in [-0.3, -0.25) is 14.4 Å². The number of nitrogens with zero attached hydrogens (tertiary/aromatic N) is 1. The van der Waals surface area contributed by atoms with E-state index in [1.54, 1.807) is 44.4 Å². The topological polar surface area (TPSA) is 100 Å². The summed E-state index contributed by atoms with van der Waals surface area (Å²) < 4.78 is 15.6. The quantitative estimate of drug-likeness (QED) is 0.499. The summed E-state index contributed by atoms with van der Waals surface area (Å²) in [7, 11) is 0. The molecule has 0 unspecified atom stereocenters. The maximum Gasteiger partial charge on any atom is 0.292 e. The Labute approximate surface area is 174 Å². The number of ketones is 1. The minimum Gasteiger partial charge on any atom is -0.394 e. The van der Waals surface area contributed by atoms with Gasteiger partial charge in [0.25, 0.3) is 17.6 Å². The Kier molecular flexibility index (Phi) is 5.81. The monoisotopic (exact) mass is 415 g/mol. The molecule has 2 heterocycles. The Morgan fingerprint density at radius 3 is 2.57 bits per heavy atom. The number of carbonyl (C=O) groups excluding carboxylic acids is 3. The summed E-state index contributed by atoms with van der Waals surface area (Å²) in [6, 6.07) is 4.42. The van der Waals surface area contributed by atoms with Crippen molar-refractivity contribution in [3.8, 4) is 0 Å². The zero-order valence-corrected chi connectivity index (χ0v) is 17.6. The number of benzene rings is 1. The third-order valence-corrected chi connectivity index (χ3v) is 5.34. The molecule has 0 saturated carbocycles. The number of aromatic nitrogens is 1. The third-order valence-electron chi connectivity index (χ3n) is 5.34. The molecule has 2 aromatic rings. The van der Waals surface area contributed by atoms with Gasteiger partial charge >= 0.3 is 0 Å². The normalized spacial score (nSPS) is 13.1. The average Bonchev–Trinajstić information content (AvgIpc) is 3.23. The number of rotatable bonds is 6. The molecule has 1 aliphatic rings. The van der Waals surface area contributed by atoms with Crippen molar-refractivity contribution in [2.45, 2.75) is 52.6 Å². The summed E-state index contributed by atoms with van der Waals surface area (Å²) in [5.74, 6) is -2.46. The summed E-state index contributed by atoms with van der Waals surface area (Å²) in [6.07, 6.45) is 1.32. The molecular formula is C22H26FN3O4. The number of anilines is 1. The number of Topliss-reactive ketones (excluding diaryl/α,β-unsaturated/α-hetero) is 1. The summed E-state index contributed by atoms with van der Waals surface area (Å²) >= 11 is 0. The van der Waals surface area contributed by atoms with E-state index in [4.69, 9.17) is 0 Å². The van der Waals surface area contributed by atoms with Crippen LogP contribution in [-0.2, 0) is 17.8 Å². The van der Waals surface area contributed by atoms with Gasteiger partial charge in [0.2, 0.25) is 0 Å². The zero-order chi connectivity index (χ0) is 22.2. The molecule has 8 heteroatoms. The van der Waals surface area contributed by atoms with E-state index in [1.807, 2.05) is 0 Å². The minimum atomic E-state index is -0.945. The smallest absolute Gasteiger partial charge is 0.292 e. The standard InChI is InChI=1S/C22H26FN3O4/c1-12-7-8-14(10-15(12)23)24-20(29)18-13(2)17(16-6-5-9-26(16)18)19(28)21(30)25-22(3,4)11-27/h7-8,10,27H,5-6,9,11H2,1-4H3,(H,24,29)(H,25,30). The molecule has 3 N–H and O–H groups in total. The van der Waals surface area contributed by atoms with Gasteiger partial charge in [-0.2, -0.15) is 0 Å². The highest BCUT2D eigenvalue weighted by atomic mass is 19.1. The summed E-state index contributed by atoms with van der Waals surface area (Å²) in [5.41, 5.74) is 1.41. The van der Waals surface area contributed by atoms with Crippen LogP contribution in [0.1, 0.15) is 57.9 Å². The van der Waals surface area contributed by atoms with Crippen LogP contribution in [0.2, 0.25) is 0 Å². The fourth-order valence-corrected chi connectivity index (χ4v) is 3.69. The van der Waals surface area contributed by atoms with Gasteiger partial charge in [-0.15, -0.1) is 0 Å². The van der Waals surface area contributed by atoms with E-state index in [0.717, 1.165) is 6.42 Å². The van der Waals surface area contributed by atoms with Crippen molar-refractivity contribution in [2.24, 2.45) is 0 Å². The van der Waals surface area contributed by atoms with Gasteiger partial charge < -0.3 is 20.3 Å². The van der Waals surface area contributed by atoms with Crippen LogP contribution in [0, 0.1) is 19.7 Å². The highest BCUT2D eigenvalue weighted by Gasteiger charge is 2.34. The molecular weight excluding hydrogens is 389 g/mol. The second-order valence-corrected chi connectivity index (χ2v) is 8.29. The number of aliphatic hydroxyl groups is 1. The number of amides is 2. The van der Waals surface area contributed by atoms with E-state index in [1.165, 1.54) is 6.07 Å².